The monoisotopic (exact) mass is 753 g/mol. The van der Waals surface area contributed by atoms with Gasteiger partial charge in [0.25, 0.3) is 0 Å². The van der Waals surface area contributed by atoms with E-state index in [0.29, 0.717) is 29.0 Å². The molecule has 0 saturated carbocycles. The lowest BCUT2D eigenvalue weighted by Gasteiger charge is -2.29. The predicted molar refractivity (Wildman–Crippen MR) is 173 cm³/mol. The second-order valence-corrected chi connectivity index (χ2v) is 12.1. The van der Waals surface area contributed by atoms with Crippen molar-refractivity contribution in [2.45, 2.75) is 26.4 Å². The molecule has 40 heavy (non-hydrogen) atoms. The predicted octanol–water partition coefficient (Wildman–Crippen LogP) is 7.76. The van der Waals surface area contributed by atoms with Crippen LogP contribution in [0.5, 0.6) is 5.75 Å². The molecule has 5 nitrogen and oxygen atoms in total. The van der Waals surface area contributed by atoms with Crippen molar-refractivity contribution in [2.75, 3.05) is 6.61 Å². The van der Waals surface area contributed by atoms with Crippen LogP contribution in [-0.4, -0.2) is 18.4 Å². The number of fused-ring (bicyclic) bond motifs is 3. The fraction of sp³-hybridized carbons (Fsp3) is 0.152. The standard InChI is InChI=1S/C33H25I2NO4/c1-3-39-33(38)27-18(2)36-30-23-10-6-7-11-24(23)31(37)29(30)28(27)22-15-25(34)32(26(35)16-22)40-17-19-12-13-20-8-4-5-9-21(20)14-19/h4-16,28,36H,3,17H2,1-2H3/t28-/m1/s1. The number of carbonyl (C=O) groups is 2. The van der Waals surface area contributed by atoms with Gasteiger partial charge in [-0.1, -0.05) is 60.7 Å². The fourth-order valence-corrected chi connectivity index (χ4v) is 7.64. The zero-order valence-electron chi connectivity index (χ0n) is 21.9. The van der Waals surface area contributed by atoms with E-state index >= 15 is 0 Å². The van der Waals surface area contributed by atoms with Crippen LogP contribution >= 0.6 is 45.2 Å². The number of nitrogens with one attached hydrogen (secondary N) is 1. The average Bonchev–Trinajstić information content (AvgIpc) is 3.23. The van der Waals surface area contributed by atoms with Gasteiger partial charge in [-0.15, -0.1) is 0 Å². The molecule has 4 aromatic rings. The highest BCUT2D eigenvalue weighted by Gasteiger charge is 2.43. The number of esters is 1. The minimum atomic E-state index is -0.563. The molecule has 200 valence electrons. The van der Waals surface area contributed by atoms with Crippen molar-refractivity contribution in [2.24, 2.45) is 0 Å². The van der Waals surface area contributed by atoms with E-state index in [1.807, 2.05) is 55.5 Å². The summed E-state index contributed by atoms with van der Waals surface area (Å²) in [7, 11) is 0. The van der Waals surface area contributed by atoms with Crippen LogP contribution < -0.4 is 10.1 Å². The Labute approximate surface area is 259 Å². The molecule has 1 N–H and O–H groups in total. The minimum absolute atomic E-state index is 0.0703. The Morgan fingerprint density at radius 2 is 1.57 bits per heavy atom. The van der Waals surface area contributed by atoms with Gasteiger partial charge in [-0.05, 0) is 99.1 Å². The molecular formula is C33H25I2NO4. The van der Waals surface area contributed by atoms with Crippen molar-refractivity contribution in [3.8, 4) is 5.75 Å². The number of allylic oxidation sites excluding steroid dienone is 2. The number of ether oxygens (including phenoxy) is 2. The third-order valence-electron chi connectivity index (χ3n) is 7.30. The number of hydrogen-bond acceptors (Lipinski definition) is 5. The van der Waals surface area contributed by atoms with Crippen molar-refractivity contribution in [1.82, 2.24) is 5.32 Å². The first kappa shape index (κ1) is 27.0. The zero-order valence-corrected chi connectivity index (χ0v) is 26.2. The molecule has 6 rings (SSSR count). The summed E-state index contributed by atoms with van der Waals surface area (Å²) in [6.07, 6.45) is 0. The molecule has 7 heteroatoms. The van der Waals surface area contributed by atoms with E-state index in [2.05, 4.69) is 80.8 Å². The van der Waals surface area contributed by atoms with Crippen molar-refractivity contribution in [3.05, 3.63) is 125 Å². The quantitative estimate of drug-likeness (QED) is 0.161. The van der Waals surface area contributed by atoms with Gasteiger partial charge in [0.2, 0.25) is 0 Å². The van der Waals surface area contributed by atoms with E-state index in [4.69, 9.17) is 9.47 Å². The van der Waals surface area contributed by atoms with Crippen LogP contribution in [0.25, 0.3) is 16.5 Å². The second kappa shape index (κ2) is 11.0. The molecule has 0 aromatic heterocycles. The number of dihydropyridines is 1. The van der Waals surface area contributed by atoms with E-state index < -0.39 is 11.9 Å². The average molecular weight is 753 g/mol. The van der Waals surface area contributed by atoms with Gasteiger partial charge < -0.3 is 14.8 Å². The highest BCUT2D eigenvalue weighted by atomic mass is 127. The van der Waals surface area contributed by atoms with Crippen molar-refractivity contribution >= 4 is 73.4 Å². The number of benzene rings is 4. The largest absolute Gasteiger partial charge is 0.487 e. The maximum atomic E-state index is 13.7. The van der Waals surface area contributed by atoms with Crippen LogP contribution in [0.15, 0.2) is 95.7 Å². The van der Waals surface area contributed by atoms with Crippen LogP contribution in [0.1, 0.15) is 46.8 Å². The lowest BCUT2D eigenvalue weighted by molar-refractivity contribution is -0.138. The van der Waals surface area contributed by atoms with E-state index in [-0.39, 0.29) is 12.4 Å². The lowest BCUT2D eigenvalue weighted by atomic mass is 9.80. The number of Topliss-reactive ketones (excluding diaryl/α,β-unsaturated/α-hetero) is 1. The van der Waals surface area contributed by atoms with Gasteiger partial charge in [-0.2, -0.15) is 0 Å². The fourth-order valence-electron chi connectivity index (χ4n) is 5.51. The molecule has 1 heterocycles. The Bertz CT molecular complexity index is 1750. The molecule has 1 aliphatic heterocycles. The van der Waals surface area contributed by atoms with Crippen LogP contribution in [0.3, 0.4) is 0 Å². The smallest absolute Gasteiger partial charge is 0.336 e. The Balaban J connectivity index is 1.38. The summed E-state index contributed by atoms with van der Waals surface area (Å²) in [5.74, 6) is -0.277. The maximum Gasteiger partial charge on any atom is 0.336 e. The highest BCUT2D eigenvalue weighted by Crippen LogP contribution is 2.48. The van der Waals surface area contributed by atoms with Gasteiger partial charge in [-0.25, -0.2) is 4.79 Å². The SMILES string of the molecule is CCOC(=O)C1=C(C)NC2=C(C(=O)c3ccccc32)[C@@H]1c1cc(I)c(OCc2ccc3ccccc3c2)c(I)c1. The first-order valence-corrected chi connectivity index (χ1v) is 15.2. The molecule has 0 spiro atoms. The molecule has 1 atom stereocenters. The maximum absolute atomic E-state index is 13.7. The van der Waals surface area contributed by atoms with Gasteiger partial charge >= 0.3 is 5.97 Å². The summed E-state index contributed by atoms with van der Waals surface area (Å²) in [6.45, 7) is 4.33. The molecule has 0 fully saturated rings. The van der Waals surface area contributed by atoms with Crippen LogP contribution in [0, 0.1) is 7.14 Å². The van der Waals surface area contributed by atoms with Gasteiger partial charge in [0.1, 0.15) is 12.4 Å². The van der Waals surface area contributed by atoms with Crippen LogP contribution in [-0.2, 0) is 16.1 Å². The molecule has 0 bridgehead atoms. The zero-order chi connectivity index (χ0) is 28.0. The van der Waals surface area contributed by atoms with E-state index in [1.54, 1.807) is 6.92 Å². The van der Waals surface area contributed by atoms with E-state index in [1.165, 1.54) is 10.8 Å². The van der Waals surface area contributed by atoms with Gasteiger partial charge in [0.05, 0.1) is 25.0 Å². The summed E-state index contributed by atoms with van der Waals surface area (Å²) in [4.78, 5) is 27.0. The summed E-state index contributed by atoms with van der Waals surface area (Å²) in [5.41, 5.74) is 5.91. The summed E-state index contributed by atoms with van der Waals surface area (Å²) < 4.78 is 13.6. The van der Waals surface area contributed by atoms with Crippen molar-refractivity contribution < 1.29 is 19.1 Å². The summed E-state index contributed by atoms with van der Waals surface area (Å²) >= 11 is 4.56. The Hall–Kier alpha value is -3.18. The van der Waals surface area contributed by atoms with Crippen LogP contribution in [0.4, 0.5) is 0 Å². The molecule has 2 aliphatic rings. The number of hydrogen-bond donors (Lipinski definition) is 1. The Morgan fingerprint density at radius 3 is 2.30 bits per heavy atom. The summed E-state index contributed by atoms with van der Waals surface area (Å²) in [6, 6.07) is 26.2. The molecule has 0 unspecified atom stereocenters. The van der Waals surface area contributed by atoms with Crippen molar-refractivity contribution in [1.29, 1.82) is 0 Å². The van der Waals surface area contributed by atoms with Crippen molar-refractivity contribution in [3.63, 3.8) is 0 Å². The van der Waals surface area contributed by atoms with Gasteiger partial charge in [0, 0.05) is 28.3 Å². The summed E-state index contributed by atoms with van der Waals surface area (Å²) in [5, 5.41) is 5.72. The third kappa shape index (κ3) is 4.72. The highest BCUT2D eigenvalue weighted by molar-refractivity contribution is 14.1. The topological polar surface area (TPSA) is 64.6 Å². The number of carbonyl (C=O) groups excluding carboxylic acids is 2. The molecule has 0 radical (unpaired) electrons. The molecular weight excluding hydrogens is 728 g/mol. The first-order chi connectivity index (χ1) is 19.4. The second-order valence-electron chi connectivity index (χ2n) is 9.76. The Morgan fingerprint density at radius 1 is 0.900 bits per heavy atom. The molecule has 0 amide bonds. The van der Waals surface area contributed by atoms with Crippen LogP contribution in [0.2, 0.25) is 0 Å². The normalized spacial score (nSPS) is 16.1. The van der Waals surface area contributed by atoms with E-state index in [0.717, 1.165) is 35.3 Å². The Kier molecular flexibility index (Phi) is 7.43. The first-order valence-electron chi connectivity index (χ1n) is 13.0. The molecule has 1 aliphatic carbocycles. The van der Waals surface area contributed by atoms with Gasteiger partial charge in [-0.3, -0.25) is 4.79 Å². The number of ketones is 1. The number of halogens is 2. The minimum Gasteiger partial charge on any atom is -0.487 e. The molecule has 4 aromatic carbocycles. The van der Waals surface area contributed by atoms with Gasteiger partial charge in [0.15, 0.2) is 5.78 Å². The third-order valence-corrected chi connectivity index (χ3v) is 8.90. The lowest BCUT2D eigenvalue weighted by Crippen LogP contribution is -2.29. The molecule has 0 saturated heterocycles. The number of rotatable bonds is 6. The van der Waals surface area contributed by atoms with E-state index in [9.17, 15) is 9.59 Å².